The molecule has 0 spiro atoms. The molecule has 142 valence electrons. The SMILES string of the molecule is CCOc1ccc(NC(=NC)NCC2CCS(=O)(=O)C2)cc1OC.I. The van der Waals surface area contributed by atoms with E-state index in [2.05, 4.69) is 15.6 Å². The Bertz CT molecular complexity index is 695. The first-order chi connectivity index (χ1) is 11.5. The van der Waals surface area contributed by atoms with E-state index in [1.807, 2.05) is 25.1 Å². The lowest BCUT2D eigenvalue weighted by molar-refractivity contribution is 0.311. The summed E-state index contributed by atoms with van der Waals surface area (Å²) in [6, 6.07) is 5.54. The lowest BCUT2D eigenvalue weighted by Crippen LogP contribution is -2.35. The molecule has 1 heterocycles. The van der Waals surface area contributed by atoms with Crippen LogP contribution in [-0.2, 0) is 9.84 Å². The van der Waals surface area contributed by atoms with Crippen molar-refractivity contribution in [2.24, 2.45) is 10.9 Å². The number of sulfone groups is 1. The topological polar surface area (TPSA) is 89.0 Å². The van der Waals surface area contributed by atoms with Gasteiger partial charge in [0.25, 0.3) is 0 Å². The zero-order chi connectivity index (χ0) is 17.6. The Morgan fingerprint density at radius 2 is 2.12 bits per heavy atom. The van der Waals surface area contributed by atoms with Gasteiger partial charge in [0.15, 0.2) is 27.3 Å². The first-order valence-corrected chi connectivity index (χ1v) is 9.78. The maximum absolute atomic E-state index is 11.5. The van der Waals surface area contributed by atoms with E-state index >= 15 is 0 Å². The van der Waals surface area contributed by atoms with E-state index in [1.54, 1.807) is 14.2 Å². The van der Waals surface area contributed by atoms with Gasteiger partial charge in [-0.3, -0.25) is 4.99 Å². The highest BCUT2D eigenvalue weighted by Gasteiger charge is 2.27. The van der Waals surface area contributed by atoms with Crippen molar-refractivity contribution in [3.63, 3.8) is 0 Å². The summed E-state index contributed by atoms with van der Waals surface area (Å²) in [5.41, 5.74) is 0.808. The molecule has 25 heavy (non-hydrogen) atoms. The van der Waals surface area contributed by atoms with E-state index in [0.29, 0.717) is 37.0 Å². The fourth-order valence-corrected chi connectivity index (χ4v) is 4.47. The average Bonchev–Trinajstić information content (AvgIpc) is 2.92. The van der Waals surface area contributed by atoms with Crippen LogP contribution in [0, 0.1) is 5.92 Å². The maximum Gasteiger partial charge on any atom is 0.195 e. The van der Waals surface area contributed by atoms with Gasteiger partial charge in [-0.2, -0.15) is 0 Å². The van der Waals surface area contributed by atoms with E-state index in [4.69, 9.17) is 9.47 Å². The minimum absolute atomic E-state index is 0. The highest BCUT2D eigenvalue weighted by atomic mass is 127. The predicted octanol–water partition coefficient (Wildman–Crippen LogP) is 2.13. The highest BCUT2D eigenvalue weighted by molar-refractivity contribution is 14.0. The number of ether oxygens (including phenoxy) is 2. The van der Waals surface area contributed by atoms with Crippen LogP contribution in [0.1, 0.15) is 13.3 Å². The van der Waals surface area contributed by atoms with E-state index in [9.17, 15) is 8.42 Å². The number of nitrogens with one attached hydrogen (secondary N) is 2. The number of hydrogen-bond acceptors (Lipinski definition) is 5. The van der Waals surface area contributed by atoms with E-state index in [1.165, 1.54) is 0 Å². The van der Waals surface area contributed by atoms with Crippen molar-refractivity contribution in [1.82, 2.24) is 5.32 Å². The molecule has 1 unspecified atom stereocenters. The number of aliphatic imine (C=N–C) groups is 1. The number of nitrogens with zero attached hydrogens (tertiary/aromatic N) is 1. The van der Waals surface area contributed by atoms with Gasteiger partial charge in [-0.05, 0) is 31.4 Å². The second-order valence-electron chi connectivity index (χ2n) is 5.65. The normalized spacial score (nSPS) is 19.0. The maximum atomic E-state index is 11.5. The van der Waals surface area contributed by atoms with Crippen LogP contribution < -0.4 is 20.1 Å². The van der Waals surface area contributed by atoms with Gasteiger partial charge >= 0.3 is 0 Å². The van der Waals surface area contributed by atoms with Gasteiger partial charge in [-0.15, -0.1) is 24.0 Å². The Labute approximate surface area is 166 Å². The summed E-state index contributed by atoms with van der Waals surface area (Å²) in [6.07, 6.45) is 0.698. The fourth-order valence-electron chi connectivity index (χ4n) is 2.61. The van der Waals surface area contributed by atoms with Crippen molar-refractivity contribution in [3.8, 4) is 11.5 Å². The summed E-state index contributed by atoms with van der Waals surface area (Å²) in [5.74, 6) is 2.56. The van der Waals surface area contributed by atoms with Crippen molar-refractivity contribution in [2.75, 3.05) is 44.1 Å². The fraction of sp³-hybridized carbons (Fsp3) is 0.562. The summed E-state index contributed by atoms with van der Waals surface area (Å²) in [5, 5.41) is 6.35. The summed E-state index contributed by atoms with van der Waals surface area (Å²) in [7, 11) is 0.407. The number of benzene rings is 1. The lowest BCUT2D eigenvalue weighted by atomic mass is 10.1. The number of rotatable bonds is 6. The van der Waals surface area contributed by atoms with Crippen molar-refractivity contribution >= 4 is 45.5 Å². The quantitative estimate of drug-likeness (QED) is 0.366. The molecule has 0 aliphatic carbocycles. The van der Waals surface area contributed by atoms with Gasteiger partial charge in [-0.1, -0.05) is 0 Å². The summed E-state index contributed by atoms with van der Waals surface area (Å²) < 4.78 is 33.8. The second kappa shape index (κ2) is 10.0. The minimum Gasteiger partial charge on any atom is -0.493 e. The van der Waals surface area contributed by atoms with Crippen molar-refractivity contribution in [1.29, 1.82) is 0 Å². The largest absolute Gasteiger partial charge is 0.493 e. The van der Waals surface area contributed by atoms with Crippen LogP contribution in [0.25, 0.3) is 0 Å². The van der Waals surface area contributed by atoms with Crippen molar-refractivity contribution in [3.05, 3.63) is 18.2 Å². The van der Waals surface area contributed by atoms with Crippen LogP contribution in [0.5, 0.6) is 11.5 Å². The van der Waals surface area contributed by atoms with Gasteiger partial charge in [0.1, 0.15) is 0 Å². The Hall–Kier alpha value is -1.23. The Kier molecular flexibility index (Phi) is 8.77. The lowest BCUT2D eigenvalue weighted by Gasteiger charge is -2.16. The molecule has 0 saturated carbocycles. The molecule has 1 aliphatic heterocycles. The molecule has 7 nitrogen and oxygen atoms in total. The second-order valence-corrected chi connectivity index (χ2v) is 7.87. The predicted molar refractivity (Wildman–Crippen MR) is 111 cm³/mol. The first kappa shape index (κ1) is 21.8. The third-order valence-corrected chi connectivity index (χ3v) is 5.67. The third kappa shape index (κ3) is 6.53. The first-order valence-electron chi connectivity index (χ1n) is 7.96. The minimum atomic E-state index is -2.86. The Morgan fingerprint density at radius 3 is 2.68 bits per heavy atom. The average molecular weight is 483 g/mol. The van der Waals surface area contributed by atoms with Gasteiger partial charge in [0.05, 0.1) is 25.2 Å². The Morgan fingerprint density at radius 1 is 1.36 bits per heavy atom. The molecule has 1 aromatic rings. The van der Waals surface area contributed by atoms with Gasteiger partial charge in [0.2, 0.25) is 0 Å². The van der Waals surface area contributed by atoms with Crippen LogP contribution in [0.15, 0.2) is 23.2 Å². The van der Waals surface area contributed by atoms with Crippen LogP contribution in [0.4, 0.5) is 5.69 Å². The molecular weight excluding hydrogens is 457 g/mol. The summed E-state index contributed by atoms with van der Waals surface area (Å²) in [6.45, 7) is 3.06. The number of hydrogen-bond donors (Lipinski definition) is 2. The van der Waals surface area contributed by atoms with E-state index in [-0.39, 0.29) is 41.4 Å². The van der Waals surface area contributed by atoms with Crippen LogP contribution in [-0.4, -0.2) is 53.2 Å². The monoisotopic (exact) mass is 483 g/mol. The molecule has 1 saturated heterocycles. The van der Waals surface area contributed by atoms with Crippen molar-refractivity contribution < 1.29 is 17.9 Å². The molecular formula is C16H26IN3O4S. The molecule has 1 aliphatic rings. The molecule has 0 aromatic heterocycles. The molecule has 1 atom stereocenters. The Balaban J connectivity index is 0.00000312. The van der Waals surface area contributed by atoms with Crippen LogP contribution >= 0.6 is 24.0 Å². The zero-order valence-corrected chi connectivity index (χ0v) is 17.9. The summed E-state index contributed by atoms with van der Waals surface area (Å²) in [4.78, 5) is 4.17. The number of methoxy groups -OCH3 is 1. The molecule has 2 rings (SSSR count). The van der Waals surface area contributed by atoms with Crippen LogP contribution in [0.2, 0.25) is 0 Å². The molecule has 0 radical (unpaired) electrons. The number of anilines is 1. The zero-order valence-electron chi connectivity index (χ0n) is 14.7. The van der Waals surface area contributed by atoms with Crippen molar-refractivity contribution in [2.45, 2.75) is 13.3 Å². The third-order valence-electron chi connectivity index (χ3n) is 3.83. The van der Waals surface area contributed by atoms with Gasteiger partial charge in [-0.25, -0.2) is 8.42 Å². The molecule has 1 fully saturated rings. The number of halogens is 1. The molecule has 2 N–H and O–H groups in total. The molecule has 0 amide bonds. The highest BCUT2D eigenvalue weighted by Crippen LogP contribution is 2.30. The van der Waals surface area contributed by atoms with E-state index < -0.39 is 9.84 Å². The molecule has 0 bridgehead atoms. The number of guanidine groups is 1. The smallest absolute Gasteiger partial charge is 0.195 e. The van der Waals surface area contributed by atoms with Crippen LogP contribution in [0.3, 0.4) is 0 Å². The van der Waals surface area contributed by atoms with Gasteiger partial charge in [0, 0.05) is 25.3 Å². The standard InChI is InChI=1S/C16H25N3O4S.HI/c1-4-23-14-6-5-13(9-15(14)22-3)19-16(17-2)18-10-12-7-8-24(20,21)11-12;/h5-6,9,12H,4,7-8,10-11H2,1-3H3,(H2,17,18,19);1H. The van der Waals surface area contributed by atoms with E-state index in [0.717, 1.165) is 5.69 Å². The summed E-state index contributed by atoms with van der Waals surface area (Å²) >= 11 is 0. The molecule has 9 heteroatoms. The van der Waals surface area contributed by atoms with Gasteiger partial charge < -0.3 is 20.1 Å². The molecule has 1 aromatic carbocycles.